The molecule has 0 amide bonds. The van der Waals surface area contributed by atoms with Gasteiger partial charge in [0.15, 0.2) is 5.17 Å². The summed E-state index contributed by atoms with van der Waals surface area (Å²) in [6, 6.07) is 5.78. The summed E-state index contributed by atoms with van der Waals surface area (Å²) in [7, 11) is 1.86. The number of aromatic nitrogens is 1. The number of aliphatic imine (C=N–C) groups is 1. The van der Waals surface area contributed by atoms with Crippen molar-refractivity contribution in [3.63, 3.8) is 0 Å². The van der Waals surface area contributed by atoms with Crippen LogP contribution in [0.2, 0.25) is 10.0 Å². The number of aryl methyl sites for hydroxylation is 1. The van der Waals surface area contributed by atoms with Crippen molar-refractivity contribution >= 4 is 40.1 Å². The lowest BCUT2D eigenvalue weighted by atomic mass is 10.0. The molecule has 1 aromatic carbocycles. The van der Waals surface area contributed by atoms with Crippen molar-refractivity contribution in [2.24, 2.45) is 4.99 Å². The van der Waals surface area contributed by atoms with Gasteiger partial charge in [-0.2, -0.15) is 0 Å². The summed E-state index contributed by atoms with van der Waals surface area (Å²) in [5.41, 5.74) is 6.27. The first kappa shape index (κ1) is 26.4. The highest BCUT2D eigenvalue weighted by Crippen LogP contribution is 2.27. The van der Waals surface area contributed by atoms with Gasteiger partial charge in [0.05, 0.1) is 10.0 Å². The van der Waals surface area contributed by atoms with E-state index in [0.29, 0.717) is 10.0 Å². The molecule has 0 aliphatic carbocycles. The minimum atomic E-state index is 0.577. The summed E-state index contributed by atoms with van der Waals surface area (Å²) in [4.78, 5) is 10.3. The quantitative estimate of drug-likeness (QED) is 0.208. The summed E-state index contributed by atoms with van der Waals surface area (Å²) in [5, 5.41) is 2.16. The molecule has 1 aromatic heterocycles. The van der Waals surface area contributed by atoms with Crippen molar-refractivity contribution in [3.05, 3.63) is 93.4 Å². The third kappa shape index (κ3) is 7.33. The molecule has 0 saturated carbocycles. The van der Waals surface area contributed by atoms with E-state index in [0.717, 1.165) is 42.3 Å². The van der Waals surface area contributed by atoms with Crippen LogP contribution >= 0.6 is 35.0 Å². The summed E-state index contributed by atoms with van der Waals surface area (Å²) < 4.78 is 0. The summed E-state index contributed by atoms with van der Waals surface area (Å²) in [6.45, 7) is 11.1. The highest BCUT2D eigenvalue weighted by atomic mass is 35.5. The zero-order valence-corrected chi connectivity index (χ0v) is 21.7. The Balaban J connectivity index is 2.22. The molecule has 0 spiro atoms. The molecule has 1 N–H and O–H groups in total. The standard InChI is InChI=1S/C26H33Cl2N3S/c1-6-9-10-12-23-19(4)30-17-21(23)16-22(11-7-2)31(8-3)26(29-5)32-18-20-13-14-24(27)25(28)15-20/h6,9-11,13-15,17,30H,1,7-8,12,16,18H2,2-5H3/b10-9-,22-11-,29-26?. The van der Waals surface area contributed by atoms with Gasteiger partial charge in [0.2, 0.25) is 0 Å². The monoisotopic (exact) mass is 489 g/mol. The Hall–Kier alpha value is -1.88. The lowest BCUT2D eigenvalue weighted by Gasteiger charge is -2.27. The van der Waals surface area contributed by atoms with Crippen LogP contribution in [-0.4, -0.2) is 28.6 Å². The van der Waals surface area contributed by atoms with Crippen molar-refractivity contribution < 1.29 is 0 Å². The Kier molecular flexibility index (Phi) is 11.2. The predicted molar refractivity (Wildman–Crippen MR) is 144 cm³/mol. The maximum absolute atomic E-state index is 6.19. The topological polar surface area (TPSA) is 31.4 Å². The second-order valence-electron chi connectivity index (χ2n) is 7.35. The first-order chi connectivity index (χ1) is 15.4. The van der Waals surface area contributed by atoms with Crippen molar-refractivity contribution in [1.29, 1.82) is 0 Å². The van der Waals surface area contributed by atoms with Crippen LogP contribution in [0.15, 0.2) is 66.0 Å². The molecule has 0 bridgehead atoms. The van der Waals surface area contributed by atoms with E-state index in [1.54, 1.807) is 11.8 Å². The van der Waals surface area contributed by atoms with E-state index in [-0.39, 0.29) is 0 Å². The molecule has 3 nitrogen and oxygen atoms in total. The minimum Gasteiger partial charge on any atom is -0.365 e. The number of likely N-dealkylation sites (N-methyl/N-ethyl adjacent to an activating group) is 1. The van der Waals surface area contributed by atoms with Gasteiger partial charge in [-0.1, -0.05) is 78.8 Å². The van der Waals surface area contributed by atoms with Crippen LogP contribution < -0.4 is 0 Å². The van der Waals surface area contributed by atoms with Crippen molar-refractivity contribution in [2.75, 3.05) is 13.6 Å². The first-order valence-electron chi connectivity index (χ1n) is 10.9. The molecule has 0 aliphatic heterocycles. The fourth-order valence-electron chi connectivity index (χ4n) is 3.54. The number of thioether (sulfide) groups is 1. The number of H-pyrrole nitrogens is 1. The van der Waals surface area contributed by atoms with Crippen molar-refractivity contribution in [2.45, 2.75) is 45.8 Å². The van der Waals surface area contributed by atoms with Crippen LogP contribution in [0.5, 0.6) is 0 Å². The fraction of sp³-hybridized carbons (Fsp3) is 0.346. The molecule has 2 rings (SSSR count). The number of nitrogens with zero attached hydrogens (tertiary/aromatic N) is 2. The molecule has 0 aliphatic rings. The molecular weight excluding hydrogens is 457 g/mol. The fourth-order valence-corrected chi connectivity index (χ4v) is 4.87. The average Bonchev–Trinajstić information content (AvgIpc) is 3.12. The predicted octanol–water partition coefficient (Wildman–Crippen LogP) is 7.99. The molecule has 6 heteroatoms. The van der Waals surface area contributed by atoms with Gasteiger partial charge in [-0.15, -0.1) is 0 Å². The Bertz CT molecular complexity index is 989. The zero-order valence-electron chi connectivity index (χ0n) is 19.4. The summed E-state index contributed by atoms with van der Waals surface area (Å²) >= 11 is 14.0. The Morgan fingerprint density at radius 1 is 1.25 bits per heavy atom. The SMILES string of the molecule is C=C/C=C\Cc1c(C/C(=C/CC)N(CC)C(=NC)SCc2ccc(Cl)c(Cl)c2)c[nH]c1C. The third-order valence-electron chi connectivity index (χ3n) is 5.15. The number of halogens is 2. The van der Waals surface area contributed by atoms with E-state index in [1.807, 2.05) is 37.4 Å². The van der Waals surface area contributed by atoms with Crippen LogP contribution in [0, 0.1) is 6.92 Å². The second-order valence-corrected chi connectivity index (χ2v) is 9.11. The molecule has 172 valence electrons. The normalized spacial score (nSPS) is 12.6. The number of benzene rings is 1. The molecular formula is C26H33Cl2N3S. The van der Waals surface area contributed by atoms with E-state index in [9.17, 15) is 0 Å². The number of hydrogen-bond donors (Lipinski definition) is 1. The lowest BCUT2D eigenvalue weighted by Crippen LogP contribution is -2.29. The van der Waals surface area contributed by atoms with E-state index in [4.69, 9.17) is 23.2 Å². The minimum absolute atomic E-state index is 0.577. The lowest BCUT2D eigenvalue weighted by molar-refractivity contribution is 0.532. The van der Waals surface area contributed by atoms with E-state index < -0.39 is 0 Å². The summed E-state index contributed by atoms with van der Waals surface area (Å²) in [5.74, 6) is 0.778. The van der Waals surface area contributed by atoms with Gasteiger partial charge in [0, 0.05) is 43.4 Å². The number of allylic oxidation sites excluding steroid dienone is 5. The molecule has 2 aromatic rings. The number of hydrogen-bond acceptors (Lipinski definition) is 2. The van der Waals surface area contributed by atoms with Gasteiger partial charge in [-0.25, -0.2) is 0 Å². The maximum atomic E-state index is 6.19. The van der Waals surface area contributed by atoms with Crippen molar-refractivity contribution in [1.82, 2.24) is 9.88 Å². The second kappa shape index (κ2) is 13.6. The molecule has 0 unspecified atom stereocenters. The van der Waals surface area contributed by atoms with Gasteiger partial charge < -0.3 is 9.88 Å². The number of rotatable bonds is 10. The number of amidine groups is 1. The van der Waals surface area contributed by atoms with Crippen LogP contribution in [0.3, 0.4) is 0 Å². The van der Waals surface area contributed by atoms with Gasteiger partial charge in [-0.3, -0.25) is 4.99 Å². The van der Waals surface area contributed by atoms with Crippen LogP contribution in [0.4, 0.5) is 0 Å². The molecule has 32 heavy (non-hydrogen) atoms. The van der Waals surface area contributed by atoms with Gasteiger partial charge in [-0.05, 0) is 55.5 Å². The molecule has 0 atom stereocenters. The zero-order chi connectivity index (χ0) is 23.5. The first-order valence-corrected chi connectivity index (χ1v) is 12.6. The molecule has 0 saturated heterocycles. The van der Waals surface area contributed by atoms with E-state index >= 15 is 0 Å². The van der Waals surface area contributed by atoms with Crippen molar-refractivity contribution in [3.8, 4) is 0 Å². The third-order valence-corrected chi connectivity index (χ3v) is 7.02. The Morgan fingerprint density at radius 3 is 2.66 bits per heavy atom. The smallest absolute Gasteiger partial charge is 0.163 e. The highest BCUT2D eigenvalue weighted by molar-refractivity contribution is 8.13. The molecule has 0 fully saturated rings. The molecule has 0 radical (unpaired) electrons. The highest BCUT2D eigenvalue weighted by Gasteiger charge is 2.18. The largest absolute Gasteiger partial charge is 0.365 e. The molecule has 1 heterocycles. The number of nitrogens with one attached hydrogen (secondary N) is 1. The van der Waals surface area contributed by atoms with Crippen LogP contribution in [0.25, 0.3) is 0 Å². The summed E-state index contributed by atoms with van der Waals surface area (Å²) in [6.07, 6.45) is 13.1. The van der Waals surface area contributed by atoms with Gasteiger partial charge >= 0.3 is 0 Å². The average molecular weight is 491 g/mol. The van der Waals surface area contributed by atoms with Crippen LogP contribution in [-0.2, 0) is 18.6 Å². The van der Waals surface area contributed by atoms with Gasteiger partial charge in [0.25, 0.3) is 0 Å². The van der Waals surface area contributed by atoms with Crippen LogP contribution in [0.1, 0.15) is 42.7 Å². The van der Waals surface area contributed by atoms with E-state index in [1.165, 1.54) is 22.5 Å². The van der Waals surface area contributed by atoms with Gasteiger partial charge in [0.1, 0.15) is 0 Å². The number of aromatic amines is 1. The Morgan fingerprint density at radius 2 is 2.03 bits per heavy atom. The Labute approximate surface area is 207 Å². The maximum Gasteiger partial charge on any atom is 0.163 e. The van der Waals surface area contributed by atoms with E-state index in [2.05, 4.69) is 60.6 Å².